The normalized spacial score (nSPS) is 14.4. The Morgan fingerprint density at radius 3 is 1.95 bits per heavy atom. The van der Waals surface area contributed by atoms with Crippen LogP contribution in [0.25, 0.3) is 0 Å². The molecule has 0 radical (unpaired) electrons. The van der Waals surface area contributed by atoms with E-state index in [1.807, 2.05) is 44.2 Å². The van der Waals surface area contributed by atoms with Crippen LogP contribution in [0.3, 0.4) is 0 Å². The molecule has 1 aromatic carbocycles. The SMILES string of the molecule is CC(C)(C)COC(OCC(C)(C)N)c1ccccc1. The molecule has 0 heterocycles. The van der Waals surface area contributed by atoms with Gasteiger partial charge in [0.1, 0.15) is 0 Å². The molecule has 0 amide bonds. The van der Waals surface area contributed by atoms with Crippen LogP contribution < -0.4 is 5.73 Å². The Morgan fingerprint density at radius 1 is 0.947 bits per heavy atom. The predicted octanol–water partition coefficient (Wildman–Crippen LogP) is 3.50. The molecule has 3 nitrogen and oxygen atoms in total. The molecule has 3 heteroatoms. The summed E-state index contributed by atoms with van der Waals surface area (Å²) in [5.74, 6) is 0. The van der Waals surface area contributed by atoms with Crippen LogP contribution in [0.2, 0.25) is 0 Å². The molecule has 0 saturated heterocycles. The fourth-order valence-electron chi connectivity index (χ4n) is 1.47. The minimum absolute atomic E-state index is 0.106. The molecule has 2 N–H and O–H groups in total. The maximum Gasteiger partial charge on any atom is 0.183 e. The first-order chi connectivity index (χ1) is 8.67. The average Bonchev–Trinajstić information content (AvgIpc) is 2.27. The van der Waals surface area contributed by atoms with Gasteiger partial charge in [-0.3, -0.25) is 0 Å². The van der Waals surface area contributed by atoms with E-state index in [0.717, 1.165) is 5.56 Å². The lowest BCUT2D eigenvalue weighted by atomic mass is 9.99. The highest BCUT2D eigenvalue weighted by Crippen LogP contribution is 2.24. The summed E-state index contributed by atoms with van der Waals surface area (Å²) in [7, 11) is 0. The van der Waals surface area contributed by atoms with E-state index < -0.39 is 0 Å². The van der Waals surface area contributed by atoms with Crippen LogP contribution in [0.5, 0.6) is 0 Å². The van der Waals surface area contributed by atoms with Gasteiger partial charge in [-0.1, -0.05) is 51.1 Å². The number of benzene rings is 1. The molecule has 0 fully saturated rings. The Bertz CT molecular complexity index is 345. The number of nitrogens with two attached hydrogens (primary N) is 1. The van der Waals surface area contributed by atoms with Gasteiger partial charge in [-0.05, 0) is 19.3 Å². The summed E-state index contributed by atoms with van der Waals surface area (Å²) in [5.41, 5.74) is 6.73. The van der Waals surface area contributed by atoms with Gasteiger partial charge in [0.25, 0.3) is 0 Å². The van der Waals surface area contributed by atoms with Crippen molar-refractivity contribution in [2.45, 2.75) is 46.4 Å². The molecule has 1 rings (SSSR count). The molecule has 0 aliphatic rings. The molecule has 0 saturated carbocycles. The summed E-state index contributed by atoms with van der Waals surface area (Å²) in [4.78, 5) is 0. The average molecular weight is 265 g/mol. The van der Waals surface area contributed by atoms with Crippen molar-refractivity contribution in [1.29, 1.82) is 0 Å². The lowest BCUT2D eigenvalue weighted by Gasteiger charge is -2.27. The van der Waals surface area contributed by atoms with Crippen molar-refractivity contribution in [2.24, 2.45) is 11.1 Å². The van der Waals surface area contributed by atoms with Crippen LogP contribution in [0.1, 0.15) is 46.5 Å². The second-order valence-corrected chi connectivity index (χ2v) is 6.91. The minimum Gasteiger partial charge on any atom is -0.348 e. The van der Waals surface area contributed by atoms with Crippen molar-refractivity contribution in [3.8, 4) is 0 Å². The summed E-state index contributed by atoms with van der Waals surface area (Å²) in [6, 6.07) is 9.98. The number of hydrogen-bond acceptors (Lipinski definition) is 3. The first-order valence-corrected chi connectivity index (χ1v) is 6.74. The van der Waals surface area contributed by atoms with Crippen molar-refractivity contribution in [1.82, 2.24) is 0 Å². The Hall–Kier alpha value is -0.900. The van der Waals surface area contributed by atoms with Crippen LogP contribution in [-0.2, 0) is 9.47 Å². The van der Waals surface area contributed by atoms with Gasteiger partial charge in [0.05, 0.1) is 13.2 Å². The van der Waals surface area contributed by atoms with Crippen molar-refractivity contribution in [3.05, 3.63) is 35.9 Å². The fourth-order valence-corrected chi connectivity index (χ4v) is 1.47. The highest BCUT2D eigenvalue weighted by atomic mass is 16.7. The summed E-state index contributed by atoms with van der Waals surface area (Å²) >= 11 is 0. The molecule has 19 heavy (non-hydrogen) atoms. The minimum atomic E-state index is -0.363. The van der Waals surface area contributed by atoms with E-state index in [4.69, 9.17) is 15.2 Å². The van der Waals surface area contributed by atoms with Gasteiger partial charge >= 0.3 is 0 Å². The highest BCUT2D eigenvalue weighted by Gasteiger charge is 2.20. The zero-order valence-corrected chi connectivity index (χ0v) is 12.8. The molecular weight excluding hydrogens is 238 g/mol. The third-order valence-corrected chi connectivity index (χ3v) is 2.35. The third kappa shape index (κ3) is 7.31. The van der Waals surface area contributed by atoms with E-state index in [0.29, 0.717) is 13.2 Å². The second-order valence-electron chi connectivity index (χ2n) is 6.91. The number of ether oxygens (including phenoxy) is 2. The van der Waals surface area contributed by atoms with E-state index in [2.05, 4.69) is 20.8 Å². The lowest BCUT2D eigenvalue weighted by Crippen LogP contribution is -2.38. The van der Waals surface area contributed by atoms with Gasteiger partial charge in [0.15, 0.2) is 6.29 Å². The van der Waals surface area contributed by atoms with E-state index >= 15 is 0 Å². The molecule has 0 aromatic heterocycles. The molecule has 1 atom stereocenters. The van der Waals surface area contributed by atoms with E-state index in [1.54, 1.807) is 0 Å². The smallest absolute Gasteiger partial charge is 0.183 e. The van der Waals surface area contributed by atoms with Crippen LogP contribution in [-0.4, -0.2) is 18.8 Å². The predicted molar refractivity (Wildman–Crippen MR) is 78.8 cm³/mol. The molecule has 1 aromatic rings. The van der Waals surface area contributed by atoms with Crippen molar-refractivity contribution < 1.29 is 9.47 Å². The van der Waals surface area contributed by atoms with Crippen LogP contribution in [0.15, 0.2) is 30.3 Å². The molecule has 108 valence electrons. The van der Waals surface area contributed by atoms with Gasteiger partial charge < -0.3 is 15.2 Å². The molecular formula is C16H27NO2. The summed E-state index contributed by atoms with van der Waals surface area (Å²) < 4.78 is 11.8. The Labute approximate surface area is 117 Å². The summed E-state index contributed by atoms with van der Waals surface area (Å²) in [5, 5.41) is 0. The van der Waals surface area contributed by atoms with Gasteiger partial charge in [-0.2, -0.15) is 0 Å². The highest BCUT2D eigenvalue weighted by molar-refractivity contribution is 5.16. The molecule has 1 unspecified atom stereocenters. The van der Waals surface area contributed by atoms with Crippen LogP contribution in [0, 0.1) is 5.41 Å². The van der Waals surface area contributed by atoms with Gasteiger partial charge in [-0.25, -0.2) is 0 Å². The third-order valence-electron chi connectivity index (χ3n) is 2.35. The number of hydrogen-bond donors (Lipinski definition) is 1. The van der Waals surface area contributed by atoms with Crippen molar-refractivity contribution in [2.75, 3.05) is 13.2 Å². The monoisotopic (exact) mass is 265 g/mol. The first kappa shape index (κ1) is 16.2. The van der Waals surface area contributed by atoms with Crippen molar-refractivity contribution >= 4 is 0 Å². The first-order valence-electron chi connectivity index (χ1n) is 6.74. The number of rotatable bonds is 6. The Morgan fingerprint density at radius 2 is 1.47 bits per heavy atom. The fraction of sp³-hybridized carbons (Fsp3) is 0.625. The summed E-state index contributed by atoms with van der Waals surface area (Å²) in [6.07, 6.45) is -0.358. The Balaban J connectivity index is 2.68. The maximum absolute atomic E-state index is 5.96. The van der Waals surface area contributed by atoms with Gasteiger partial charge in [0, 0.05) is 11.1 Å². The standard InChI is InChI=1S/C16H27NO2/c1-15(2,3)11-18-14(19-12-16(4,5)17)13-9-7-6-8-10-13/h6-10,14H,11-12,17H2,1-5H3. The Kier molecular flexibility index (Phi) is 5.53. The lowest BCUT2D eigenvalue weighted by molar-refractivity contribution is -0.168. The topological polar surface area (TPSA) is 44.5 Å². The molecule has 0 bridgehead atoms. The van der Waals surface area contributed by atoms with Crippen LogP contribution in [0.4, 0.5) is 0 Å². The molecule has 0 aliphatic heterocycles. The van der Waals surface area contributed by atoms with E-state index in [-0.39, 0.29) is 17.2 Å². The van der Waals surface area contributed by atoms with Crippen LogP contribution >= 0.6 is 0 Å². The largest absolute Gasteiger partial charge is 0.348 e. The van der Waals surface area contributed by atoms with E-state index in [9.17, 15) is 0 Å². The quantitative estimate of drug-likeness (QED) is 0.801. The summed E-state index contributed by atoms with van der Waals surface area (Å²) in [6.45, 7) is 11.4. The maximum atomic E-state index is 5.96. The van der Waals surface area contributed by atoms with E-state index in [1.165, 1.54) is 0 Å². The molecule has 0 aliphatic carbocycles. The molecule has 0 spiro atoms. The van der Waals surface area contributed by atoms with Gasteiger partial charge in [0.2, 0.25) is 0 Å². The second kappa shape index (κ2) is 6.51. The zero-order valence-electron chi connectivity index (χ0n) is 12.8. The van der Waals surface area contributed by atoms with Crippen molar-refractivity contribution in [3.63, 3.8) is 0 Å². The zero-order chi connectivity index (χ0) is 14.5. The van der Waals surface area contributed by atoms with Gasteiger partial charge in [-0.15, -0.1) is 0 Å².